The van der Waals surface area contributed by atoms with Crippen LogP contribution in [0.2, 0.25) is 0 Å². The standard InChI is InChI=1S/C24H20O3/c1-2-17-8-10-18(11-9-17)14-23-24(25)21-13-12-20(15-22(21)27-23)26-16-19-6-4-3-5-7-19/h3-15H,2,16H2,1H3. The van der Waals surface area contributed by atoms with E-state index in [0.717, 1.165) is 17.5 Å². The Kier molecular flexibility index (Phi) is 4.75. The van der Waals surface area contributed by atoms with E-state index in [4.69, 9.17) is 9.47 Å². The second kappa shape index (κ2) is 7.50. The highest BCUT2D eigenvalue weighted by Gasteiger charge is 2.27. The van der Waals surface area contributed by atoms with Gasteiger partial charge in [0.1, 0.15) is 18.1 Å². The monoisotopic (exact) mass is 356 g/mol. The molecule has 134 valence electrons. The molecule has 0 saturated heterocycles. The van der Waals surface area contributed by atoms with Crippen molar-refractivity contribution in [3.05, 3.63) is 101 Å². The zero-order valence-electron chi connectivity index (χ0n) is 15.1. The number of aryl methyl sites for hydroxylation is 1. The number of Topliss-reactive ketones (excluding diaryl/α,β-unsaturated/α-hetero) is 1. The van der Waals surface area contributed by atoms with Gasteiger partial charge in [-0.15, -0.1) is 0 Å². The average molecular weight is 356 g/mol. The normalized spacial score (nSPS) is 14.1. The van der Waals surface area contributed by atoms with Crippen molar-refractivity contribution in [2.24, 2.45) is 0 Å². The molecule has 0 radical (unpaired) electrons. The largest absolute Gasteiger partial charge is 0.489 e. The fraction of sp³-hybridized carbons (Fsp3) is 0.125. The van der Waals surface area contributed by atoms with Gasteiger partial charge in [0.15, 0.2) is 5.76 Å². The van der Waals surface area contributed by atoms with E-state index in [1.54, 1.807) is 18.2 Å². The molecule has 4 rings (SSSR count). The quantitative estimate of drug-likeness (QED) is 0.571. The highest BCUT2D eigenvalue weighted by atomic mass is 16.5. The van der Waals surface area contributed by atoms with E-state index < -0.39 is 0 Å². The van der Waals surface area contributed by atoms with Gasteiger partial charge < -0.3 is 9.47 Å². The lowest BCUT2D eigenvalue weighted by Crippen LogP contribution is -1.98. The predicted octanol–water partition coefficient (Wildman–Crippen LogP) is 5.44. The molecular formula is C24H20O3. The Labute approximate surface area is 158 Å². The molecule has 0 N–H and O–H groups in total. The van der Waals surface area contributed by atoms with E-state index in [2.05, 4.69) is 19.1 Å². The van der Waals surface area contributed by atoms with Gasteiger partial charge in [0, 0.05) is 6.07 Å². The van der Waals surface area contributed by atoms with Crippen molar-refractivity contribution in [1.29, 1.82) is 0 Å². The summed E-state index contributed by atoms with van der Waals surface area (Å²) >= 11 is 0. The number of ether oxygens (including phenoxy) is 2. The minimum atomic E-state index is -0.0980. The summed E-state index contributed by atoms with van der Waals surface area (Å²) in [5.41, 5.74) is 3.87. The minimum absolute atomic E-state index is 0.0980. The van der Waals surface area contributed by atoms with Gasteiger partial charge in [-0.3, -0.25) is 4.79 Å². The molecule has 0 fully saturated rings. The first-order chi connectivity index (χ1) is 13.2. The van der Waals surface area contributed by atoms with Crippen LogP contribution in [0.4, 0.5) is 0 Å². The highest BCUT2D eigenvalue weighted by molar-refractivity contribution is 6.14. The van der Waals surface area contributed by atoms with Crippen LogP contribution in [0.3, 0.4) is 0 Å². The molecule has 0 spiro atoms. The van der Waals surface area contributed by atoms with Crippen molar-refractivity contribution >= 4 is 11.9 Å². The maximum Gasteiger partial charge on any atom is 0.231 e. The predicted molar refractivity (Wildman–Crippen MR) is 106 cm³/mol. The zero-order valence-corrected chi connectivity index (χ0v) is 15.1. The van der Waals surface area contributed by atoms with Gasteiger partial charge in [-0.25, -0.2) is 0 Å². The number of hydrogen-bond acceptors (Lipinski definition) is 3. The number of carbonyl (C=O) groups excluding carboxylic acids is 1. The van der Waals surface area contributed by atoms with Crippen LogP contribution in [0.25, 0.3) is 6.08 Å². The molecule has 1 aliphatic heterocycles. The first-order valence-electron chi connectivity index (χ1n) is 9.07. The van der Waals surface area contributed by atoms with E-state index in [9.17, 15) is 4.79 Å². The van der Waals surface area contributed by atoms with Crippen LogP contribution < -0.4 is 9.47 Å². The van der Waals surface area contributed by atoms with Gasteiger partial charge in [0.05, 0.1) is 5.56 Å². The summed E-state index contributed by atoms with van der Waals surface area (Å²) in [5.74, 6) is 1.47. The van der Waals surface area contributed by atoms with Crippen molar-refractivity contribution in [2.45, 2.75) is 20.0 Å². The topological polar surface area (TPSA) is 35.5 Å². The fourth-order valence-electron chi connectivity index (χ4n) is 3.00. The summed E-state index contributed by atoms with van der Waals surface area (Å²) in [6.07, 6.45) is 2.77. The number of hydrogen-bond donors (Lipinski definition) is 0. The molecule has 0 aromatic heterocycles. The number of carbonyl (C=O) groups is 1. The maximum atomic E-state index is 12.6. The van der Waals surface area contributed by atoms with Crippen molar-refractivity contribution in [2.75, 3.05) is 0 Å². The van der Waals surface area contributed by atoms with Crippen LogP contribution in [-0.4, -0.2) is 5.78 Å². The summed E-state index contributed by atoms with van der Waals surface area (Å²) in [6, 6.07) is 23.4. The van der Waals surface area contributed by atoms with Crippen LogP contribution in [-0.2, 0) is 13.0 Å². The molecule has 27 heavy (non-hydrogen) atoms. The molecule has 3 nitrogen and oxygen atoms in total. The molecule has 3 aromatic carbocycles. The first-order valence-corrected chi connectivity index (χ1v) is 9.07. The Balaban J connectivity index is 1.50. The molecule has 0 atom stereocenters. The smallest absolute Gasteiger partial charge is 0.231 e. The molecule has 0 saturated carbocycles. The summed E-state index contributed by atoms with van der Waals surface area (Å²) in [7, 11) is 0. The van der Waals surface area contributed by atoms with Gasteiger partial charge in [-0.05, 0) is 41.3 Å². The van der Waals surface area contributed by atoms with Crippen molar-refractivity contribution < 1.29 is 14.3 Å². The maximum absolute atomic E-state index is 12.6. The van der Waals surface area contributed by atoms with Crippen LogP contribution in [0, 0.1) is 0 Å². The summed E-state index contributed by atoms with van der Waals surface area (Å²) < 4.78 is 11.6. The van der Waals surface area contributed by atoms with Gasteiger partial charge in [0.2, 0.25) is 5.78 Å². The third-order valence-corrected chi connectivity index (χ3v) is 4.58. The van der Waals surface area contributed by atoms with Crippen LogP contribution in [0.1, 0.15) is 34.0 Å². The van der Waals surface area contributed by atoms with Gasteiger partial charge in [-0.1, -0.05) is 61.5 Å². The molecule has 3 aromatic rings. The molecule has 3 heteroatoms. The van der Waals surface area contributed by atoms with E-state index in [1.165, 1.54) is 5.56 Å². The van der Waals surface area contributed by atoms with Gasteiger partial charge in [0.25, 0.3) is 0 Å². The molecule has 0 amide bonds. The lowest BCUT2D eigenvalue weighted by Gasteiger charge is -2.07. The summed E-state index contributed by atoms with van der Waals surface area (Å²) in [4.78, 5) is 12.6. The summed E-state index contributed by atoms with van der Waals surface area (Å²) in [6.45, 7) is 2.59. The van der Waals surface area contributed by atoms with E-state index in [-0.39, 0.29) is 5.78 Å². The van der Waals surface area contributed by atoms with Crippen molar-refractivity contribution in [3.8, 4) is 11.5 Å². The van der Waals surface area contributed by atoms with E-state index in [0.29, 0.717) is 29.4 Å². The molecule has 0 bridgehead atoms. The molecular weight excluding hydrogens is 336 g/mol. The van der Waals surface area contributed by atoms with E-state index >= 15 is 0 Å². The molecule has 0 unspecified atom stereocenters. The minimum Gasteiger partial charge on any atom is -0.489 e. The van der Waals surface area contributed by atoms with E-state index in [1.807, 2.05) is 48.5 Å². The van der Waals surface area contributed by atoms with Crippen molar-refractivity contribution in [3.63, 3.8) is 0 Å². The third-order valence-electron chi connectivity index (χ3n) is 4.58. The molecule has 1 aliphatic rings. The Hall–Kier alpha value is -3.33. The number of allylic oxidation sites excluding steroid dienone is 1. The lowest BCUT2D eigenvalue weighted by atomic mass is 10.1. The van der Waals surface area contributed by atoms with Gasteiger partial charge >= 0.3 is 0 Å². The number of ketones is 1. The summed E-state index contributed by atoms with van der Waals surface area (Å²) in [5, 5.41) is 0. The number of benzene rings is 3. The van der Waals surface area contributed by atoms with Crippen LogP contribution in [0.5, 0.6) is 11.5 Å². The molecule has 0 aliphatic carbocycles. The average Bonchev–Trinajstić information content (AvgIpc) is 3.02. The Morgan fingerprint density at radius 1 is 0.926 bits per heavy atom. The number of fused-ring (bicyclic) bond motifs is 1. The van der Waals surface area contributed by atoms with Crippen molar-refractivity contribution in [1.82, 2.24) is 0 Å². The lowest BCUT2D eigenvalue weighted by molar-refractivity contribution is 0.101. The zero-order chi connectivity index (χ0) is 18.6. The molecule has 1 heterocycles. The second-order valence-electron chi connectivity index (χ2n) is 6.47. The highest BCUT2D eigenvalue weighted by Crippen LogP contribution is 2.35. The Morgan fingerprint density at radius 2 is 1.70 bits per heavy atom. The van der Waals surface area contributed by atoms with Crippen LogP contribution in [0.15, 0.2) is 78.6 Å². The van der Waals surface area contributed by atoms with Crippen LogP contribution >= 0.6 is 0 Å². The number of rotatable bonds is 5. The first kappa shape index (κ1) is 17.1. The Bertz CT molecular complexity index is 986. The third kappa shape index (κ3) is 3.77. The SMILES string of the molecule is CCc1ccc(C=C2Oc3cc(OCc4ccccc4)ccc3C2=O)cc1. The fourth-order valence-corrected chi connectivity index (χ4v) is 3.00. The Morgan fingerprint density at radius 3 is 2.44 bits per heavy atom. The second-order valence-corrected chi connectivity index (χ2v) is 6.47. The van der Waals surface area contributed by atoms with Gasteiger partial charge in [-0.2, -0.15) is 0 Å².